The highest BCUT2D eigenvalue weighted by Gasteiger charge is 2.32. The van der Waals surface area contributed by atoms with Crippen molar-refractivity contribution in [3.63, 3.8) is 0 Å². The number of carbonyl (C=O) groups excluding carboxylic acids is 1. The normalized spacial score (nSPS) is 16.2. The zero-order valence-electron chi connectivity index (χ0n) is 18.3. The minimum absolute atomic E-state index is 0.105. The number of carbonyl (C=O) groups is 1. The van der Waals surface area contributed by atoms with E-state index in [1.165, 1.54) is 40.7 Å². The summed E-state index contributed by atoms with van der Waals surface area (Å²) >= 11 is 5.91. The molecule has 3 rings (SSSR count). The number of amides is 1. The van der Waals surface area contributed by atoms with Crippen molar-refractivity contribution in [3.05, 3.63) is 53.6 Å². The summed E-state index contributed by atoms with van der Waals surface area (Å²) in [4.78, 5) is 13.1. The molecule has 1 unspecified atom stereocenters. The Bertz CT molecular complexity index is 1180. The van der Waals surface area contributed by atoms with Crippen molar-refractivity contribution >= 4 is 48.9 Å². The first kappa shape index (κ1) is 25.4. The average molecular weight is 516 g/mol. The maximum absolute atomic E-state index is 13.0. The molecule has 180 valence electrons. The van der Waals surface area contributed by atoms with Gasteiger partial charge in [-0.2, -0.15) is 4.31 Å². The number of halogens is 1. The molecule has 0 saturated carbocycles. The number of rotatable bonds is 8. The monoisotopic (exact) mass is 515 g/mol. The fourth-order valence-electron chi connectivity index (χ4n) is 3.52. The minimum atomic E-state index is -3.78. The van der Waals surface area contributed by atoms with Gasteiger partial charge >= 0.3 is 0 Å². The molecule has 33 heavy (non-hydrogen) atoms. The zero-order chi connectivity index (χ0) is 24.2. The van der Waals surface area contributed by atoms with E-state index < -0.39 is 32.0 Å². The van der Waals surface area contributed by atoms with Crippen molar-refractivity contribution in [2.45, 2.75) is 24.3 Å². The van der Waals surface area contributed by atoms with E-state index in [1.54, 1.807) is 19.1 Å². The number of hydrogen-bond acceptors (Lipinski definition) is 6. The first-order valence-corrected chi connectivity index (χ1v) is 13.9. The summed E-state index contributed by atoms with van der Waals surface area (Å²) in [7, 11) is -7.44. The SMILES string of the molecule is CCC(C(=O)Nc1ccc(S(=O)(=O)N2CCOCC2)cc1)N(c1ccc(Cl)cc1)S(C)(=O)=O. The van der Waals surface area contributed by atoms with Gasteiger partial charge < -0.3 is 10.1 Å². The quantitative estimate of drug-likeness (QED) is 0.578. The third-order valence-corrected chi connectivity index (χ3v) is 8.49. The van der Waals surface area contributed by atoms with Gasteiger partial charge in [-0.3, -0.25) is 9.10 Å². The number of sulfonamides is 2. The van der Waals surface area contributed by atoms with Crippen LogP contribution in [0.5, 0.6) is 0 Å². The van der Waals surface area contributed by atoms with Crippen molar-refractivity contribution < 1.29 is 26.4 Å². The molecule has 0 bridgehead atoms. The molecule has 1 aliphatic rings. The maximum atomic E-state index is 13.0. The van der Waals surface area contributed by atoms with Gasteiger partial charge in [0.1, 0.15) is 6.04 Å². The second kappa shape index (κ2) is 10.4. The first-order chi connectivity index (χ1) is 15.5. The standard InChI is InChI=1S/C21H26ClN3O6S2/c1-3-20(25(32(2,27)28)18-8-4-16(22)5-9-18)21(26)23-17-6-10-19(11-7-17)33(29,30)24-12-14-31-15-13-24/h4-11,20H,3,12-15H2,1-2H3,(H,23,26). The largest absolute Gasteiger partial charge is 0.379 e. The Morgan fingerprint density at radius 2 is 1.64 bits per heavy atom. The van der Waals surface area contributed by atoms with Crippen LogP contribution < -0.4 is 9.62 Å². The number of nitrogens with zero attached hydrogens (tertiary/aromatic N) is 2. The van der Waals surface area contributed by atoms with Gasteiger partial charge in [-0.15, -0.1) is 0 Å². The second-order valence-electron chi connectivity index (χ2n) is 7.49. The fourth-order valence-corrected chi connectivity index (χ4v) is 6.27. The van der Waals surface area contributed by atoms with Crippen molar-refractivity contribution in [1.29, 1.82) is 0 Å². The van der Waals surface area contributed by atoms with Crippen LogP contribution in [0.2, 0.25) is 5.02 Å². The molecule has 9 nitrogen and oxygen atoms in total. The lowest BCUT2D eigenvalue weighted by Gasteiger charge is -2.30. The molecular weight excluding hydrogens is 490 g/mol. The third-order valence-electron chi connectivity index (χ3n) is 5.14. The van der Waals surface area contributed by atoms with Crippen molar-refractivity contribution in [2.75, 3.05) is 42.2 Å². The Labute approximate surface area is 199 Å². The number of ether oxygens (including phenoxy) is 1. The fraction of sp³-hybridized carbons (Fsp3) is 0.381. The molecule has 2 aromatic carbocycles. The highest BCUT2D eigenvalue weighted by molar-refractivity contribution is 7.92. The average Bonchev–Trinajstić information content (AvgIpc) is 2.78. The van der Waals surface area contributed by atoms with E-state index >= 15 is 0 Å². The summed E-state index contributed by atoms with van der Waals surface area (Å²) in [5.41, 5.74) is 0.666. The molecule has 12 heteroatoms. The number of hydrogen-bond donors (Lipinski definition) is 1. The Kier molecular flexibility index (Phi) is 8.01. The molecule has 1 atom stereocenters. The van der Waals surface area contributed by atoms with Crippen LogP contribution in [0.4, 0.5) is 11.4 Å². The molecule has 0 aromatic heterocycles. The number of anilines is 2. The molecule has 2 aromatic rings. The molecule has 1 heterocycles. The predicted molar refractivity (Wildman–Crippen MR) is 128 cm³/mol. The van der Waals surface area contributed by atoms with Crippen molar-refractivity contribution in [3.8, 4) is 0 Å². The summed E-state index contributed by atoms with van der Waals surface area (Å²) in [5.74, 6) is -0.540. The van der Waals surface area contributed by atoms with Crippen LogP contribution in [-0.4, -0.2) is 65.6 Å². The Morgan fingerprint density at radius 1 is 1.06 bits per heavy atom. The van der Waals surface area contributed by atoms with E-state index in [-0.39, 0.29) is 24.4 Å². The lowest BCUT2D eigenvalue weighted by atomic mass is 10.2. The highest BCUT2D eigenvalue weighted by atomic mass is 35.5. The van der Waals surface area contributed by atoms with Crippen LogP contribution in [0, 0.1) is 0 Å². The molecular formula is C21H26ClN3O6S2. The van der Waals surface area contributed by atoms with Gasteiger partial charge in [0.25, 0.3) is 0 Å². The van der Waals surface area contributed by atoms with Gasteiger partial charge in [0, 0.05) is 23.8 Å². The van der Waals surface area contributed by atoms with Gasteiger partial charge in [-0.25, -0.2) is 16.8 Å². The van der Waals surface area contributed by atoms with Crippen LogP contribution in [0.1, 0.15) is 13.3 Å². The van der Waals surface area contributed by atoms with Crippen LogP contribution in [0.15, 0.2) is 53.4 Å². The van der Waals surface area contributed by atoms with Gasteiger partial charge in [-0.1, -0.05) is 18.5 Å². The summed E-state index contributed by atoms with van der Waals surface area (Å²) in [6.07, 6.45) is 1.24. The molecule has 0 spiro atoms. The minimum Gasteiger partial charge on any atom is -0.379 e. The summed E-state index contributed by atoms with van der Waals surface area (Å²) in [6.45, 7) is 2.96. The van der Waals surface area contributed by atoms with Gasteiger partial charge in [0.05, 0.1) is 30.1 Å². The van der Waals surface area contributed by atoms with E-state index in [0.717, 1.165) is 10.6 Å². The second-order valence-corrected chi connectivity index (χ2v) is 11.7. The smallest absolute Gasteiger partial charge is 0.248 e. The summed E-state index contributed by atoms with van der Waals surface area (Å²) in [5, 5.41) is 3.13. The molecule has 1 aliphatic heterocycles. The maximum Gasteiger partial charge on any atom is 0.248 e. The molecule has 1 fully saturated rings. The molecule has 1 N–H and O–H groups in total. The Balaban J connectivity index is 1.80. The lowest BCUT2D eigenvalue weighted by molar-refractivity contribution is -0.117. The Hall–Kier alpha value is -2.18. The van der Waals surface area contributed by atoms with Crippen molar-refractivity contribution in [1.82, 2.24) is 4.31 Å². The predicted octanol–water partition coefficient (Wildman–Crippen LogP) is 2.54. The highest BCUT2D eigenvalue weighted by Crippen LogP contribution is 2.25. The number of nitrogens with one attached hydrogen (secondary N) is 1. The number of morpholine rings is 1. The summed E-state index contributed by atoms with van der Waals surface area (Å²) < 4.78 is 58.1. The van der Waals surface area contributed by atoms with E-state index in [1.807, 2.05) is 0 Å². The topological polar surface area (TPSA) is 113 Å². The Morgan fingerprint density at radius 3 is 2.15 bits per heavy atom. The third kappa shape index (κ3) is 6.04. The molecule has 0 aliphatic carbocycles. The van der Waals surface area contributed by atoms with Gasteiger partial charge in [0.2, 0.25) is 26.0 Å². The number of benzene rings is 2. The van der Waals surface area contributed by atoms with Crippen molar-refractivity contribution in [2.24, 2.45) is 0 Å². The van der Waals surface area contributed by atoms with E-state index in [2.05, 4.69) is 5.32 Å². The van der Waals surface area contributed by atoms with Gasteiger partial charge in [0.15, 0.2) is 0 Å². The molecule has 1 saturated heterocycles. The lowest BCUT2D eigenvalue weighted by Crippen LogP contribution is -2.47. The molecule has 1 amide bonds. The van der Waals surface area contributed by atoms with Crippen LogP contribution in [-0.2, 0) is 29.6 Å². The van der Waals surface area contributed by atoms with E-state index in [9.17, 15) is 21.6 Å². The zero-order valence-corrected chi connectivity index (χ0v) is 20.7. The summed E-state index contributed by atoms with van der Waals surface area (Å²) in [6, 6.07) is 10.9. The molecule has 0 radical (unpaired) electrons. The van der Waals surface area contributed by atoms with Crippen LogP contribution >= 0.6 is 11.6 Å². The first-order valence-electron chi connectivity index (χ1n) is 10.3. The van der Waals surface area contributed by atoms with Crippen LogP contribution in [0.3, 0.4) is 0 Å². The van der Waals surface area contributed by atoms with Gasteiger partial charge in [-0.05, 0) is 55.0 Å². The van der Waals surface area contributed by atoms with Crippen LogP contribution in [0.25, 0.3) is 0 Å². The van der Waals surface area contributed by atoms with E-state index in [0.29, 0.717) is 29.6 Å². The van der Waals surface area contributed by atoms with E-state index in [4.69, 9.17) is 16.3 Å².